The molecule has 1 rings (SSSR count). The van der Waals surface area contributed by atoms with E-state index in [-0.39, 0.29) is 0 Å². The van der Waals surface area contributed by atoms with Gasteiger partial charge in [-0.05, 0) is 23.3 Å². The van der Waals surface area contributed by atoms with Gasteiger partial charge in [0.25, 0.3) is 0 Å². The first-order valence-corrected chi connectivity index (χ1v) is 5.21. The first-order valence-electron chi connectivity index (χ1n) is 4.42. The summed E-state index contributed by atoms with van der Waals surface area (Å²) in [6.07, 6.45) is 3.94. The maximum atomic E-state index is 5.41. The second kappa shape index (κ2) is 5.96. The van der Waals surface area contributed by atoms with Gasteiger partial charge in [-0.2, -0.15) is 0 Å². The highest BCUT2D eigenvalue weighted by Gasteiger charge is 1.99. The van der Waals surface area contributed by atoms with Crippen molar-refractivity contribution in [3.63, 3.8) is 0 Å². The van der Waals surface area contributed by atoms with Gasteiger partial charge in [-0.25, -0.2) is 0 Å². The molecule has 0 heterocycles. The average molecular weight is 256 g/mol. The van der Waals surface area contributed by atoms with Crippen LogP contribution in [0.1, 0.15) is 11.1 Å². The fourth-order valence-electron chi connectivity index (χ4n) is 1.20. The molecule has 76 valence electrons. The number of nitrogens with two attached hydrogens (primary N) is 1. The zero-order valence-corrected chi connectivity index (χ0v) is 9.75. The smallest absolute Gasteiger partial charge is 0.0718 e. The van der Waals surface area contributed by atoms with Crippen LogP contribution in [0.15, 0.2) is 28.7 Å². The van der Waals surface area contributed by atoms with Crippen molar-refractivity contribution >= 4 is 22.0 Å². The Bertz CT molecular complexity index is 323. The normalized spacial score (nSPS) is 11.1. The molecule has 0 saturated carbocycles. The fourth-order valence-corrected chi connectivity index (χ4v) is 1.58. The molecule has 0 amide bonds. The molecule has 2 nitrogen and oxygen atoms in total. The number of methoxy groups -OCH3 is 1. The van der Waals surface area contributed by atoms with Gasteiger partial charge < -0.3 is 10.5 Å². The van der Waals surface area contributed by atoms with E-state index < -0.39 is 0 Å². The van der Waals surface area contributed by atoms with Crippen LogP contribution in [0.4, 0.5) is 0 Å². The Labute approximate surface area is 92.9 Å². The summed E-state index contributed by atoms with van der Waals surface area (Å²) in [6, 6.07) is 6.11. The number of rotatable bonds is 4. The van der Waals surface area contributed by atoms with Crippen LogP contribution in [0.2, 0.25) is 0 Å². The lowest BCUT2D eigenvalue weighted by atomic mass is 10.1. The van der Waals surface area contributed by atoms with Gasteiger partial charge in [-0.3, -0.25) is 0 Å². The molecule has 0 aliphatic heterocycles. The van der Waals surface area contributed by atoms with Gasteiger partial charge in [0.2, 0.25) is 0 Å². The minimum atomic E-state index is 0.554. The van der Waals surface area contributed by atoms with Gasteiger partial charge in [0.1, 0.15) is 0 Å². The molecule has 2 N–H and O–H groups in total. The molecule has 0 bridgehead atoms. The van der Waals surface area contributed by atoms with Crippen molar-refractivity contribution < 1.29 is 4.74 Å². The highest BCUT2D eigenvalue weighted by molar-refractivity contribution is 9.10. The van der Waals surface area contributed by atoms with Crippen molar-refractivity contribution in [1.82, 2.24) is 0 Å². The molecule has 0 aliphatic carbocycles. The predicted octanol–water partition coefficient (Wildman–Crippen LogP) is 2.57. The van der Waals surface area contributed by atoms with E-state index in [0.717, 1.165) is 10.0 Å². The van der Waals surface area contributed by atoms with Crippen molar-refractivity contribution in [3.05, 3.63) is 39.9 Å². The van der Waals surface area contributed by atoms with E-state index in [0.29, 0.717) is 13.2 Å². The van der Waals surface area contributed by atoms with E-state index in [1.54, 1.807) is 7.11 Å². The van der Waals surface area contributed by atoms with E-state index in [1.165, 1.54) is 5.56 Å². The lowest BCUT2D eigenvalue weighted by molar-refractivity contribution is 0.184. The molecule has 0 fully saturated rings. The van der Waals surface area contributed by atoms with Crippen molar-refractivity contribution in [2.45, 2.75) is 6.61 Å². The van der Waals surface area contributed by atoms with E-state index in [9.17, 15) is 0 Å². The molecule has 0 saturated heterocycles. The first kappa shape index (κ1) is 11.4. The van der Waals surface area contributed by atoms with Crippen LogP contribution < -0.4 is 5.73 Å². The number of halogens is 1. The summed E-state index contributed by atoms with van der Waals surface area (Å²) in [5.41, 5.74) is 7.72. The van der Waals surface area contributed by atoms with Crippen LogP contribution in [-0.4, -0.2) is 13.7 Å². The van der Waals surface area contributed by atoms with Gasteiger partial charge in [-0.1, -0.05) is 34.1 Å². The minimum Gasteiger partial charge on any atom is -0.380 e. The van der Waals surface area contributed by atoms with Crippen molar-refractivity contribution in [2.75, 3.05) is 13.7 Å². The second-order valence-corrected chi connectivity index (χ2v) is 3.83. The summed E-state index contributed by atoms with van der Waals surface area (Å²) >= 11 is 3.43. The van der Waals surface area contributed by atoms with E-state index in [2.05, 4.69) is 22.0 Å². The molecule has 0 aromatic heterocycles. The van der Waals surface area contributed by atoms with Gasteiger partial charge >= 0.3 is 0 Å². The van der Waals surface area contributed by atoms with E-state index >= 15 is 0 Å². The Morgan fingerprint density at radius 2 is 2.29 bits per heavy atom. The Balaban J connectivity index is 2.96. The molecule has 14 heavy (non-hydrogen) atoms. The predicted molar refractivity (Wildman–Crippen MR) is 62.9 cm³/mol. The van der Waals surface area contributed by atoms with Crippen LogP contribution in [0.25, 0.3) is 6.08 Å². The number of hydrogen-bond acceptors (Lipinski definition) is 2. The fraction of sp³-hybridized carbons (Fsp3) is 0.273. The zero-order valence-electron chi connectivity index (χ0n) is 8.16. The lowest BCUT2D eigenvalue weighted by Gasteiger charge is -2.05. The van der Waals surface area contributed by atoms with Gasteiger partial charge in [0.15, 0.2) is 0 Å². The molecule has 1 aromatic carbocycles. The molecule has 0 unspecified atom stereocenters. The Kier molecular flexibility index (Phi) is 4.87. The van der Waals surface area contributed by atoms with Gasteiger partial charge in [-0.15, -0.1) is 0 Å². The Hall–Kier alpha value is -0.640. The molecule has 0 spiro atoms. The lowest BCUT2D eigenvalue weighted by Crippen LogP contribution is -1.94. The van der Waals surface area contributed by atoms with Crippen LogP contribution in [0.5, 0.6) is 0 Å². The molecule has 0 atom stereocenters. The molecular formula is C11H14BrNO. The average Bonchev–Trinajstić information content (AvgIpc) is 2.18. The number of hydrogen-bond donors (Lipinski definition) is 1. The maximum Gasteiger partial charge on any atom is 0.0718 e. The first-order chi connectivity index (χ1) is 6.77. The van der Waals surface area contributed by atoms with E-state index in [4.69, 9.17) is 10.5 Å². The van der Waals surface area contributed by atoms with Crippen LogP contribution >= 0.6 is 15.9 Å². The molecule has 3 heteroatoms. The van der Waals surface area contributed by atoms with Gasteiger partial charge in [0.05, 0.1) is 6.61 Å². The molecule has 0 aliphatic rings. The van der Waals surface area contributed by atoms with E-state index in [1.807, 2.05) is 24.3 Å². The summed E-state index contributed by atoms with van der Waals surface area (Å²) in [7, 11) is 1.69. The molecule has 1 aromatic rings. The summed E-state index contributed by atoms with van der Waals surface area (Å²) in [4.78, 5) is 0. The third-order valence-corrected chi connectivity index (χ3v) is 2.33. The summed E-state index contributed by atoms with van der Waals surface area (Å²) in [6.45, 7) is 1.18. The molecule has 0 radical (unpaired) electrons. The SMILES string of the molecule is COCc1ccc(Br)cc1/C=C/CN. The zero-order chi connectivity index (χ0) is 10.4. The van der Waals surface area contributed by atoms with Crippen LogP contribution in [0.3, 0.4) is 0 Å². The summed E-state index contributed by atoms with van der Waals surface area (Å²) in [5.74, 6) is 0. The molecular weight excluding hydrogens is 242 g/mol. The minimum absolute atomic E-state index is 0.554. The highest BCUT2D eigenvalue weighted by Crippen LogP contribution is 2.18. The van der Waals surface area contributed by atoms with Crippen molar-refractivity contribution in [3.8, 4) is 0 Å². The topological polar surface area (TPSA) is 35.2 Å². The maximum absolute atomic E-state index is 5.41. The van der Waals surface area contributed by atoms with Crippen molar-refractivity contribution in [2.24, 2.45) is 5.73 Å². The Morgan fingerprint density at radius 3 is 2.93 bits per heavy atom. The third-order valence-electron chi connectivity index (χ3n) is 1.84. The highest BCUT2D eigenvalue weighted by atomic mass is 79.9. The Morgan fingerprint density at radius 1 is 1.50 bits per heavy atom. The van der Waals surface area contributed by atoms with Crippen LogP contribution in [-0.2, 0) is 11.3 Å². The monoisotopic (exact) mass is 255 g/mol. The van der Waals surface area contributed by atoms with Gasteiger partial charge in [0, 0.05) is 18.1 Å². The third kappa shape index (κ3) is 3.25. The number of ether oxygens (including phenoxy) is 1. The largest absolute Gasteiger partial charge is 0.380 e. The van der Waals surface area contributed by atoms with Crippen molar-refractivity contribution in [1.29, 1.82) is 0 Å². The second-order valence-electron chi connectivity index (χ2n) is 2.91. The standard InChI is InChI=1S/C11H14BrNO/c1-14-8-10-4-5-11(12)7-9(10)3-2-6-13/h2-5,7H,6,8,13H2,1H3/b3-2+. The quantitative estimate of drug-likeness (QED) is 0.898. The summed E-state index contributed by atoms with van der Waals surface area (Å²) < 4.78 is 6.17. The number of benzene rings is 1. The summed E-state index contributed by atoms with van der Waals surface area (Å²) in [5, 5.41) is 0. The van der Waals surface area contributed by atoms with Crippen LogP contribution in [0, 0.1) is 0 Å².